The Labute approximate surface area is 162 Å². The Bertz CT molecular complexity index is 810. The number of amides is 1. The van der Waals surface area contributed by atoms with Gasteiger partial charge in [-0.25, -0.2) is 8.42 Å². The van der Waals surface area contributed by atoms with Gasteiger partial charge in [0.15, 0.2) is 0 Å². The lowest BCUT2D eigenvalue weighted by atomic mass is 9.85. The molecule has 4 rings (SSSR count). The summed E-state index contributed by atoms with van der Waals surface area (Å²) >= 11 is 0. The molecule has 7 heteroatoms. The van der Waals surface area contributed by atoms with Crippen molar-refractivity contribution in [3.63, 3.8) is 0 Å². The van der Waals surface area contributed by atoms with Crippen molar-refractivity contribution in [3.8, 4) is 0 Å². The van der Waals surface area contributed by atoms with Gasteiger partial charge in [0.25, 0.3) is 5.91 Å². The highest BCUT2D eigenvalue weighted by molar-refractivity contribution is 7.89. The smallest absolute Gasteiger partial charge is 0.254 e. The predicted molar refractivity (Wildman–Crippen MR) is 104 cm³/mol. The molecule has 1 spiro atoms. The van der Waals surface area contributed by atoms with Gasteiger partial charge in [0, 0.05) is 43.8 Å². The summed E-state index contributed by atoms with van der Waals surface area (Å²) in [5.74, 6) is -0.0180. The first-order chi connectivity index (χ1) is 12.9. The summed E-state index contributed by atoms with van der Waals surface area (Å²) in [4.78, 5) is 17.9. The fraction of sp³-hybridized carbons (Fsp3) is 0.650. The first-order valence-electron chi connectivity index (χ1n) is 10.0. The van der Waals surface area contributed by atoms with Crippen LogP contribution in [-0.2, 0) is 10.0 Å². The quantitative estimate of drug-likeness (QED) is 0.792. The second-order valence-corrected chi connectivity index (χ2v) is 10.2. The lowest BCUT2D eigenvalue weighted by Gasteiger charge is -2.44. The molecule has 0 bridgehead atoms. The molecular formula is C20H29N3O3S. The predicted octanol–water partition coefficient (Wildman–Crippen LogP) is 2.17. The van der Waals surface area contributed by atoms with Gasteiger partial charge in [0.1, 0.15) is 0 Å². The van der Waals surface area contributed by atoms with Crippen LogP contribution >= 0.6 is 0 Å². The Morgan fingerprint density at radius 3 is 2.37 bits per heavy atom. The Hall–Kier alpha value is -1.44. The normalized spacial score (nSPS) is 24.0. The summed E-state index contributed by atoms with van der Waals surface area (Å²) in [7, 11) is -1.38. The van der Waals surface area contributed by atoms with Crippen LogP contribution in [0.5, 0.6) is 0 Å². The van der Waals surface area contributed by atoms with E-state index in [1.54, 1.807) is 24.3 Å². The standard InChI is InChI=1S/C20H29N3O3S/c1-21-14-9-20(10-15-21)8-5-13-23(20)19(24)17-6-4-7-18(16-17)27(25,26)22-11-2-3-12-22/h4,6-7,16H,2-3,5,8-15H2,1H3. The summed E-state index contributed by atoms with van der Waals surface area (Å²) in [5.41, 5.74) is 0.448. The van der Waals surface area contributed by atoms with Crippen molar-refractivity contribution < 1.29 is 13.2 Å². The van der Waals surface area contributed by atoms with E-state index in [1.165, 1.54) is 4.31 Å². The molecule has 0 atom stereocenters. The number of rotatable bonds is 3. The highest BCUT2D eigenvalue weighted by Gasteiger charge is 2.45. The monoisotopic (exact) mass is 391 g/mol. The molecule has 27 heavy (non-hydrogen) atoms. The fourth-order valence-electron chi connectivity index (χ4n) is 4.83. The van der Waals surface area contributed by atoms with Gasteiger partial charge in [-0.05, 0) is 63.8 Å². The van der Waals surface area contributed by atoms with Gasteiger partial charge >= 0.3 is 0 Å². The van der Waals surface area contributed by atoms with Crippen LogP contribution in [0.3, 0.4) is 0 Å². The maximum absolute atomic E-state index is 13.3. The van der Waals surface area contributed by atoms with E-state index < -0.39 is 10.0 Å². The molecule has 0 aromatic heterocycles. The van der Waals surface area contributed by atoms with Gasteiger partial charge in [-0.2, -0.15) is 4.31 Å². The Balaban J connectivity index is 1.59. The third-order valence-corrected chi connectivity index (χ3v) is 8.44. The lowest BCUT2D eigenvalue weighted by molar-refractivity contribution is 0.0408. The van der Waals surface area contributed by atoms with Gasteiger partial charge in [0.05, 0.1) is 4.90 Å². The van der Waals surface area contributed by atoms with E-state index in [4.69, 9.17) is 0 Å². The number of hydrogen-bond donors (Lipinski definition) is 0. The van der Waals surface area contributed by atoms with Crippen molar-refractivity contribution >= 4 is 15.9 Å². The van der Waals surface area contributed by atoms with Crippen LogP contribution in [0.1, 0.15) is 48.9 Å². The van der Waals surface area contributed by atoms with Crippen molar-refractivity contribution in [2.75, 3.05) is 39.8 Å². The molecule has 3 aliphatic heterocycles. The highest BCUT2D eigenvalue weighted by atomic mass is 32.2. The second-order valence-electron chi connectivity index (χ2n) is 8.23. The molecule has 3 saturated heterocycles. The van der Waals surface area contributed by atoms with Crippen LogP contribution in [0.2, 0.25) is 0 Å². The van der Waals surface area contributed by atoms with Crippen LogP contribution in [0, 0.1) is 0 Å². The third-order valence-electron chi connectivity index (χ3n) is 6.54. The summed E-state index contributed by atoms with van der Waals surface area (Å²) < 4.78 is 27.2. The SMILES string of the molecule is CN1CCC2(CCCN2C(=O)c2cccc(S(=O)(=O)N3CCCC3)c2)CC1. The summed E-state index contributed by atoms with van der Waals surface area (Å²) in [5, 5.41) is 0. The highest BCUT2D eigenvalue weighted by Crippen LogP contribution is 2.39. The number of carbonyl (C=O) groups is 1. The fourth-order valence-corrected chi connectivity index (χ4v) is 6.40. The summed E-state index contributed by atoms with van der Waals surface area (Å²) in [6, 6.07) is 6.65. The average Bonchev–Trinajstić information content (AvgIpc) is 3.35. The summed E-state index contributed by atoms with van der Waals surface area (Å²) in [6.07, 6.45) is 5.90. The van der Waals surface area contributed by atoms with Crippen molar-refractivity contribution in [3.05, 3.63) is 29.8 Å². The van der Waals surface area contributed by atoms with E-state index in [1.807, 2.05) is 4.90 Å². The number of carbonyl (C=O) groups excluding carboxylic acids is 1. The Morgan fingerprint density at radius 2 is 1.67 bits per heavy atom. The van der Waals surface area contributed by atoms with E-state index >= 15 is 0 Å². The molecule has 0 unspecified atom stereocenters. The van der Waals surface area contributed by atoms with Gasteiger partial charge in [-0.1, -0.05) is 6.07 Å². The molecule has 0 aliphatic carbocycles. The maximum Gasteiger partial charge on any atom is 0.254 e. The molecule has 1 aromatic rings. The van der Waals surface area contributed by atoms with Crippen molar-refractivity contribution in [1.29, 1.82) is 0 Å². The van der Waals surface area contributed by atoms with Gasteiger partial charge in [-0.15, -0.1) is 0 Å². The molecule has 148 valence electrons. The lowest BCUT2D eigenvalue weighted by Crippen LogP contribution is -2.53. The van der Waals surface area contributed by atoms with E-state index in [0.717, 1.165) is 58.2 Å². The molecule has 3 heterocycles. The van der Waals surface area contributed by atoms with Crippen LogP contribution in [0.15, 0.2) is 29.2 Å². The Morgan fingerprint density at radius 1 is 0.963 bits per heavy atom. The number of likely N-dealkylation sites (tertiary alicyclic amines) is 2. The molecule has 0 radical (unpaired) electrons. The zero-order chi connectivity index (χ0) is 19.1. The van der Waals surface area contributed by atoms with Crippen LogP contribution < -0.4 is 0 Å². The van der Waals surface area contributed by atoms with Crippen LogP contribution in [0.25, 0.3) is 0 Å². The minimum atomic E-state index is -3.50. The van der Waals surface area contributed by atoms with Crippen molar-refractivity contribution in [1.82, 2.24) is 14.1 Å². The average molecular weight is 392 g/mol. The molecule has 3 fully saturated rings. The third kappa shape index (κ3) is 3.41. The first kappa shape index (κ1) is 18.9. The van der Waals surface area contributed by atoms with E-state index in [2.05, 4.69) is 11.9 Å². The number of benzene rings is 1. The largest absolute Gasteiger partial charge is 0.333 e. The minimum absolute atomic E-state index is 0.0180. The zero-order valence-electron chi connectivity index (χ0n) is 16.1. The number of nitrogens with zero attached hydrogens (tertiary/aromatic N) is 3. The molecule has 0 saturated carbocycles. The van der Waals surface area contributed by atoms with Crippen LogP contribution in [-0.4, -0.2) is 73.7 Å². The first-order valence-corrected chi connectivity index (χ1v) is 11.5. The molecule has 6 nitrogen and oxygen atoms in total. The minimum Gasteiger partial charge on any atom is -0.333 e. The zero-order valence-corrected chi connectivity index (χ0v) is 16.9. The molecule has 1 amide bonds. The number of sulfonamides is 1. The number of hydrogen-bond acceptors (Lipinski definition) is 4. The maximum atomic E-state index is 13.3. The summed E-state index contributed by atoms with van der Waals surface area (Å²) in [6.45, 7) is 3.93. The van der Waals surface area contributed by atoms with E-state index in [-0.39, 0.29) is 16.3 Å². The van der Waals surface area contributed by atoms with E-state index in [0.29, 0.717) is 18.7 Å². The second kappa shape index (κ2) is 7.18. The van der Waals surface area contributed by atoms with Gasteiger partial charge in [0.2, 0.25) is 10.0 Å². The topological polar surface area (TPSA) is 60.9 Å². The van der Waals surface area contributed by atoms with Crippen LogP contribution in [0.4, 0.5) is 0 Å². The van der Waals surface area contributed by atoms with E-state index in [9.17, 15) is 13.2 Å². The van der Waals surface area contributed by atoms with Crippen molar-refractivity contribution in [2.24, 2.45) is 0 Å². The Kier molecular flexibility index (Phi) is 5.03. The molecule has 3 aliphatic rings. The number of piperidine rings is 1. The van der Waals surface area contributed by atoms with Gasteiger partial charge < -0.3 is 9.80 Å². The molecular weight excluding hydrogens is 362 g/mol. The molecule has 0 N–H and O–H groups in total. The van der Waals surface area contributed by atoms with Gasteiger partial charge in [-0.3, -0.25) is 4.79 Å². The molecule has 1 aromatic carbocycles. The van der Waals surface area contributed by atoms with Crippen molar-refractivity contribution in [2.45, 2.75) is 49.0 Å².